The Morgan fingerprint density at radius 2 is 1.95 bits per heavy atom. The van der Waals surface area contributed by atoms with E-state index in [0.717, 1.165) is 32.7 Å². The van der Waals surface area contributed by atoms with Crippen molar-refractivity contribution in [1.82, 2.24) is 14.8 Å². The van der Waals surface area contributed by atoms with Crippen LogP contribution in [0.25, 0.3) is 6.08 Å². The van der Waals surface area contributed by atoms with Gasteiger partial charge in [0.15, 0.2) is 6.39 Å². The third kappa shape index (κ3) is 3.62. The number of aromatic nitrogens is 1. The number of nitrogens with zero attached hydrogens (tertiary/aromatic N) is 3. The van der Waals surface area contributed by atoms with Crippen LogP contribution in [-0.4, -0.2) is 53.4 Å². The average molecular weight is 297 g/mol. The summed E-state index contributed by atoms with van der Waals surface area (Å²) >= 11 is 0. The monoisotopic (exact) mass is 297 g/mol. The lowest BCUT2D eigenvalue weighted by molar-refractivity contribution is 0.0619. The first-order valence-electron chi connectivity index (χ1n) is 7.44. The molecule has 114 valence electrons. The van der Waals surface area contributed by atoms with Crippen LogP contribution in [0.5, 0.6) is 0 Å². The number of hydrogen-bond acceptors (Lipinski definition) is 4. The first-order valence-corrected chi connectivity index (χ1v) is 7.44. The summed E-state index contributed by atoms with van der Waals surface area (Å²) in [5.41, 5.74) is 1.21. The van der Waals surface area contributed by atoms with Gasteiger partial charge in [0.1, 0.15) is 0 Å². The molecule has 0 bridgehead atoms. The molecule has 2 heterocycles. The third-order valence-corrected chi connectivity index (χ3v) is 3.78. The fraction of sp³-hybridized carbons (Fsp3) is 0.294. The Morgan fingerprint density at radius 3 is 2.64 bits per heavy atom. The molecule has 0 atom stereocenters. The zero-order valence-corrected chi connectivity index (χ0v) is 12.4. The number of hydrogen-bond donors (Lipinski definition) is 0. The number of benzene rings is 1. The fourth-order valence-electron chi connectivity index (χ4n) is 2.51. The number of carbonyl (C=O) groups excluding carboxylic acids is 1. The van der Waals surface area contributed by atoms with Gasteiger partial charge < -0.3 is 9.32 Å². The normalized spacial score (nSPS) is 16.3. The van der Waals surface area contributed by atoms with Crippen LogP contribution >= 0.6 is 0 Å². The Morgan fingerprint density at radius 1 is 1.18 bits per heavy atom. The van der Waals surface area contributed by atoms with Crippen LogP contribution in [0, 0.1) is 0 Å². The lowest BCUT2D eigenvalue weighted by atomic mass is 10.2. The molecular weight excluding hydrogens is 278 g/mol. The van der Waals surface area contributed by atoms with E-state index in [-0.39, 0.29) is 5.91 Å². The highest BCUT2D eigenvalue weighted by Crippen LogP contribution is 2.08. The van der Waals surface area contributed by atoms with Crippen LogP contribution in [-0.2, 0) is 0 Å². The molecule has 1 aromatic carbocycles. The molecule has 0 unspecified atom stereocenters. The zero-order chi connectivity index (χ0) is 15.2. The Bertz CT molecular complexity index is 615. The van der Waals surface area contributed by atoms with Gasteiger partial charge in [-0.1, -0.05) is 42.5 Å². The standard InChI is InChI=1S/C17H19N3O2/c21-17(16-13-18-14-22-16)20-11-9-19(10-12-20)8-4-7-15-5-2-1-3-6-15/h1-7,13-14H,8-12H2/b7-4+. The van der Waals surface area contributed by atoms with E-state index >= 15 is 0 Å². The van der Waals surface area contributed by atoms with Gasteiger partial charge in [-0.2, -0.15) is 0 Å². The zero-order valence-electron chi connectivity index (χ0n) is 12.4. The molecule has 0 aliphatic carbocycles. The first-order chi connectivity index (χ1) is 10.8. The van der Waals surface area contributed by atoms with Crippen molar-refractivity contribution in [3.63, 3.8) is 0 Å². The molecule has 1 fully saturated rings. The molecule has 0 radical (unpaired) electrons. The number of oxazole rings is 1. The van der Waals surface area contributed by atoms with Crippen molar-refractivity contribution in [3.8, 4) is 0 Å². The quantitative estimate of drug-likeness (QED) is 0.867. The van der Waals surface area contributed by atoms with Gasteiger partial charge in [0, 0.05) is 32.7 Å². The smallest absolute Gasteiger partial charge is 0.291 e. The van der Waals surface area contributed by atoms with Crippen LogP contribution < -0.4 is 0 Å². The van der Waals surface area contributed by atoms with Crippen molar-refractivity contribution in [2.75, 3.05) is 32.7 Å². The predicted octanol–water partition coefficient (Wildman–Crippen LogP) is 2.15. The minimum atomic E-state index is -0.0722. The summed E-state index contributed by atoms with van der Waals surface area (Å²) in [6.45, 7) is 4.09. The van der Waals surface area contributed by atoms with E-state index in [1.165, 1.54) is 18.2 Å². The van der Waals surface area contributed by atoms with Gasteiger partial charge in [-0.3, -0.25) is 9.69 Å². The molecule has 3 rings (SSSR count). The summed E-state index contributed by atoms with van der Waals surface area (Å²) in [5.74, 6) is 0.245. The Balaban J connectivity index is 1.46. The summed E-state index contributed by atoms with van der Waals surface area (Å²) in [4.78, 5) is 20.1. The molecule has 1 aromatic heterocycles. The fourth-order valence-corrected chi connectivity index (χ4v) is 2.51. The van der Waals surface area contributed by atoms with Crippen molar-refractivity contribution in [3.05, 3.63) is 60.3 Å². The van der Waals surface area contributed by atoms with Gasteiger partial charge in [0.05, 0.1) is 6.20 Å². The van der Waals surface area contributed by atoms with E-state index in [1.807, 2.05) is 23.1 Å². The maximum atomic E-state index is 12.1. The average Bonchev–Trinajstić information content (AvgIpc) is 3.10. The molecule has 1 aliphatic heterocycles. The van der Waals surface area contributed by atoms with Crippen molar-refractivity contribution in [1.29, 1.82) is 0 Å². The maximum Gasteiger partial charge on any atom is 0.291 e. The summed E-state index contributed by atoms with van der Waals surface area (Å²) in [5, 5.41) is 0. The van der Waals surface area contributed by atoms with Crippen molar-refractivity contribution >= 4 is 12.0 Å². The number of piperazine rings is 1. The molecule has 22 heavy (non-hydrogen) atoms. The molecule has 5 nitrogen and oxygen atoms in total. The minimum absolute atomic E-state index is 0.0722. The van der Waals surface area contributed by atoms with E-state index in [4.69, 9.17) is 4.42 Å². The maximum absolute atomic E-state index is 12.1. The van der Waals surface area contributed by atoms with Gasteiger partial charge in [0.2, 0.25) is 5.76 Å². The topological polar surface area (TPSA) is 49.6 Å². The molecule has 0 saturated carbocycles. The summed E-state index contributed by atoms with van der Waals surface area (Å²) in [6, 6.07) is 10.3. The van der Waals surface area contributed by atoms with Crippen LogP contribution in [0.4, 0.5) is 0 Å². The Labute approximate surface area is 129 Å². The molecule has 2 aromatic rings. The first kappa shape index (κ1) is 14.5. The molecule has 1 saturated heterocycles. The second-order valence-corrected chi connectivity index (χ2v) is 5.27. The van der Waals surface area contributed by atoms with Crippen LogP contribution in [0.3, 0.4) is 0 Å². The highest BCUT2D eigenvalue weighted by molar-refractivity contribution is 5.91. The number of rotatable bonds is 4. The van der Waals surface area contributed by atoms with E-state index in [9.17, 15) is 4.79 Å². The SMILES string of the molecule is O=C(c1cnco1)N1CCN(C/C=C/c2ccccc2)CC1. The molecule has 1 amide bonds. The van der Waals surface area contributed by atoms with E-state index in [1.54, 1.807) is 0 Å². The van der Waals surface area contributed by atoms with E-state index in [0.29, 0.717) is 5.76 Å². The highest BCUT2D eigenvalue weighted by Gasteiger charge is 2.23. The number of carbonyl (C=O) groups is 1. The van der Waals surface area contributed by atoms with Crippen molar-refractivity contribution in [2.24, 2.45) is 0 Å². The van der Waals surface area contributed by atoms with Crippen molar-refractivity contribution < 1.29 is 9.21 Å². The van der Waals surface area contributed by atoms with Gasteiger partial charge in [-0.15, -0.1) is 0 Å². The van der Waals surface area contributed by atoms with Crippen molar-refractivity contribution in [2.45, 2.75) is 0 Å². The summed E-state index contributed by atoms with van der Waals surface area (Å²) < 4.78 is 5.06. The molecule has 0 N–H and O–H groups in total. The van der Waals surface area contributed by atoms with Gasteiger partial charge in [-0.25, -0.2) is 4.98 Å². The Kier molecular flexibility index (Phi) is 4.65. The molecule has 1 aliphatic rings. The van der Waals surface area contributed by atoms with Gasteiger partial charge in [-0.05, 0) is 5.56 Å². The van der Waals surface area contributed by atoms with E-state index < -0.39 is 0 Å². The lowest BCUT2D eigenvalue weighted by Gasteiger charge is -2.33. The Hall–Kier alpha value is -2.40. The summed E-state index contributed by atoms with van der Waals surface area (Å²) in [7, 11) is 0. The highest BCUT2D eigenvalue weighted by atomic mass is 16.3. The third-order valence-electron chi connectivity index (χ3n) is 3.78. The molecule has 5 heteroatoms. The lowest BCUT2D eigenvalue weighted by Crippen LogP contribution is -2.48. The molecular formula is C17H19N3O2. The van der Waals surface area contributed by atoms with Gasteiger partial charge >= 0.3 is 0 Å². The second kappa shape index (κ2) is 7.04. The van der Waals surface area contributed by atoms with Crippen LogP contribution in [0.1, 0.15) is 16.1 Å². The van der Waals surface area contributed by atoms with Crippen LogP contribution in [0.15, 0.2) is 53.4 Å². The van der Waals surface area contributed by atoms with Gasteiger partial charge in [0.25, 0.3) is 5.91 Å². The largest absolute Gasteiger partial charge is 0.438 e. The van der Waals surface area contributed by atoms with Crippen LogP contribution in [0.2, 0.25) is 0 Å². The number of amides is 1. The second-order valence-electron chi connectivity index (χ2n) is 5.27. The van der Waals surface area contributed by atoms with E-state index in [2.05, 4.69) is 34.2 Å². The minimum Gasteiger partial charge on any atom is -0.438 e. The molecule has 0 spiro atoms. The summed E-state index contributed by atoms with van der Waals surface area (Å²) in [6.07, 6.45) is 7.06. The predicted molar refractivity (Wildman–Crippen MR) is 84.3 cm³/mol.